The first kappa shape index (κ1) is 20.4. The van der Waals surface area contributed by atoms with Gasteiger partial charge >= 0.3 is 0 Å². The van der Waals surface area contributed by atoms with E-state index in [2.05, 4.69) is 6.58 Å². The van der Waals surface area contributed by atoms with Gasteiger partial charge in [-0.3, -0.25) is 0 Å². The first-order valence-corrected chi connectivity index (χ1v) is 9.69. The van der Waals surface area contributed by atoms with Gasteiger partial charge in [0.25, 0.3) is 0 Å². The molecule has 0 unspecified atom stereocenters. The van der Waals surface area contributed by atoms with Crippen molar-refractivity contribution in [1.29, 1.82) is 0 Å². The van der Waals surface area contributed by atoms with Gasteiger partial charge in [0.1, 0.15) is 18.3 Å². The Balaban J connectivity index is 1.56. The second-order valence-electron chi connectivity index (χ2n) is 7.26. The molecule has 0 aromatic heterocycles. The van der Waals surface area contributed by atoms with E-state index >= 15 is 0 Å². The second kappa shape index (κ2) is 8.86. The van der Waals surface area contributed by atoms with Crippen molar-refractivity contribution in [3.63, 3.8) is 0 Å². The van der Waals surface area contributed by atoms with Gasteiger partial charge in [0, 0.05) is 22.6 Å². The molecule has 0 aliphatic carbocycles. The standard InChI is InChI=1S/C25H21F3O2/c1-2-16-14-29-25(30-15-16)20-8-10-22(24(28)12-20)19-7-9-21(23(27)11-19)18-5-3-17(13-26)4-6-18/h2-12,16,25H,1,13-15H2. The fraction of sp³-hybridized carbons (Fsp3) is 0.200. The SMILES string of the molecule is C=CC1COC(c2ccc(-c3ccc(-c4ccc(CF)cc4)c(F)c3)c(F)c2)OC1. The molecule has 0 radical (unpaired) electrons. The number of hydrogen-bond donors (Lipinski definition) is 0. The molecule has 5 heteroatoms. The molecule has 2 nitrogen and oxygen atoms in total. The summed E-state index contributed by atoms with van der Waals surface area (Å²) in [5.74, 6) is -0.830. The van der Waals surface area contributed by atoms with Crippen LogP contribution in [0.25, 0.3) is 22.3 Å². The van der Waals surface area contributed by atoms with Crippen molar-refractivity contribution in [3.8, 4) is 22.3 Å². The third kappa shape index (κ3) is 4.18. The lowest BCUT2D eigenvalue weighted by molar-refractivity contribution is -0.197. The van der Waals surface area contributed by atoms with E-state index in [1.165, 1.54) is 12.1 Å². The second-order valence-corrected chi connectivity index (χ2v) is 7.26. The van der Waals surface area contributed by atoms with Crippen molar-refractivity contribution < 1.29 is 22.6 Å². The van der Waals surface area contributed by atoms with Crippen LogP contribution in [0.2, 0.25) is 0 Å². The Bertz CT molecular complexity index is 1040. The molecule has 1 aliphatic rings. The molecule has 0 spiro atoms. The van der Waals surface area contributed by atoms with E-state index in [9.17, 15) is 13.2 Å². The van der Waals surface area contributed by atoms with Gasteiger partial charge in [-0.25, -0.2) is 13.2 Å². The quantitative estimate of drug-likeness (QED) is 0.440. The minimum absolute atomic E-state index is 0.125. The van der Waals surface area contributed by atoms with Crippen LogP contribution in [-0.2, 0) is 16.1 Å². The van der Waals surface area contributed by atoms with Gasteiger partial charge in [-0.15, -0.1) is 6.58 Å². The molecule has 3 aromatic rings. The number of rotatable bonds is 5. The van der Waals surface area contributed by atoms with E-state index in [4.69, 9.17) is 9.47 Å². The topological polar surface area (TPSA) is 18.5 Å². The monoisotopic (exact) mass is 410 g/mol. The molecule has 0 atom stereocenters. The fourth-order valence-electron chi connectivity index (χ4n) is 3.45. The van der Waals surface area contributed by atoms with Crippen LogP contribution in [0.4, 0.5) is 13.2 Å². The normalized spacial score (nSPS) is 18.9. The molecule has 0 bridgehead atoms. The van der Waals surface area contributed by atoms with Crippen molar-refractivity contribution in [2.45, 2.75) is 13.0 Å². The highest BCUT2D eigenvalue weighted by atomic mass is 19.1. The summed E-state index contributed by atoms with van der Waals surface area (Å²) in [6.07, 6.45) is 1.14. The van der Waals surface area contributed by atoms with Crippen molar-refractivity contribution in [1.82, 2.24) is 0 Å². The Hall–Kier alpha value is -2.89. The van der Waals surface area contributed by atoms with Gasteiger partial charge in [-0.1, -0.05) is 54.6 Å². The van der Waals surface area contributed by atoms with E-state index in [-0.39, 0.29) is 11.5 Å². The van der Waals surface area contributed by atoms with Crippen LogP contribution in [0.15, 0.2) is 73.3 Å². The molecule has 4 rings (SSSR count). The molecular formula is C25H21F3O2. The van der Waals surface area contributed by atoms with E-state index < -0.39 is 24.6 Å². The van der Waals surface area contributed by atoms with Gasteiger partial charge in [0.15, 0.2) is 6.29 Å². The number of hydrogen-bond acceptors (Lipinski definition) is 2. The van der Waals surface area contributed by atoms with Crippen molar-refractivity contribution in [2.24, 2.45) is 5.92 Å². The zero-order chi connectivity index (χ0) is 21.1. The van der Waals surface area contributed by atoms with Gasteiger partial charge < -0.3 is 9.47 Å². The summed E-state index contributed by atoms with van der Waals surface area (Å²) in [6, 6.07) is 15.8. The maximum atomic E-state index is 14.8. The van der Waals surface area contributed by atoms with Crippen LogP contribution < -0.4 is 0 Å². The number of ether oxygens (including phenoxy) is 2. The van der Waals surface area contributed by atoms with Crippen LogP contribution in [0, 0.1) is 17.6 Å². The summed E-state index contributed by atoms with van der Waals surface area (Å²) in [6.45, 7) is 4.09. The number of halogens is 3. The highest BCUT2D eigenvalue weighted by molar-refractivity contribution is 5.71. The third-order valence-electron chi connectivity index (χ3n) is 5.22. The molecule has 30 heavy (non-hydrogen) atoms. The summed E-state index contributed by atoms with van der Waals surface area (Å²) in [4.78, 5) is 0. The summed E-state index contributed by atoms with van der Waals surface area (Å²) in [5, 5.41) is 0. The number of benzene rings is 3. The van der Waals surface area contributed by atoms with Crippen LogP contribution in [0.1, 0.15) is 17.4 Å². The highest BCUT2D eigenvalue weighted by Crippen LogP contribution is 2.32. The largest absolute Gasteiger partial charge is 0.348 e. The fourth-order valence-corrected chi connectivity index (χ4v) is 3.45. The highest BCUT2D eigenvalue weighted by Gasteiger charge is 2.23. The molecule has 0 saturated carbocycles. The zero-order valence-electron chi connectivity index (χ0n) is 16.3. The summed E-state index contributed by atoms with van der Waals surface area (Å²) in [5.41, 5.74) is 2.83. The average molecular weight is 410 g/mol. The minimum Gasteiger partial charge on any atom is -0.348 e. The predicted molar refractivity (Wildman–Crippen MR) is 110 cm³/mol. The van der Waals surface area contributed by atoms with Gasteiger partial charge in [0.05, 0.1) is 13.2 Å². The molecular weight excluding hydrogens is 389 g/mol. The Morgan fingerprint density at radius 3 is 2.03 bits per heavy atom. The Morgan fingerprint density at radius 2 is 1.43 bits per heavy atom. The lowest BCUT2D eigenvalue weighted by Crippen LogP contribution is -2.25. The van der Waals surface area contributed by atoms with E-state index in [1.807, 2.05) is 0 Å². The van der Waals surface area contributed by atoms with Crippen LogP contribution >= 0.6 is 0 Å². The first-order chi connectivity index (χ1) is 14.6. The molecule has 0 N–H and O–H groups in total. The van der Waals surface area contributed by atoms with Gasteiger partial charge in [-0.2, -0.15) is 0 Å². The van der Waals surface area contributed by atoms with E-state index in [0.717, 1.165) is 0 Å². The average Bonchev–Trinajstić information content (AvgIpc) is 2.79. The molecule has 1 aliphatic heterocycles. The van der Waals surface area contributed by atoms with Crippen molar-refractivity contribution in [3.05, 3.63) is 96.1 Å². The lowest BCUT2D eigenvalue weighted by atomic mass is 9.98. The Morgan fingerprint density at radius 1 is 0.833 bits per heavy atom. The summed E-state index contributed by atoms with van der Waals surface area (Å²) in [7, 11) is 0. The van der Waals surface area contributed by atoms with Crippen LogP contribution in [0.5, 0.6) is 0 Å². The van der Waals surface area contributed by atoms with Crippen molar-refractivity contribution >= 4 is 0 Å². The molecule has 1 heterocycles. The third-order valence-corrected chi connectivity index (χ3v) is 5.22. The molecule has 0 amide bonds. The molecule has 1 saturated heterocycles. The van der Waals surface area contributed by atoms with Crippen molar-refractivity contribution in [2.75, 3.05) is 13.2 Å². The smallest absolute Gasteiger partial charge is 0.183 e. The first-order valence-electron chi connectivity index (χ1n) is 9.69. The summed E-state index contributed by atoms with van der Waals surface area (Å²) < 4.78 is 53.4. The summed E-state index contributed by atoms with van der Waals surface area (Å²) >= 11 is 0. The van der Waals surface area contributed by atoms with Gasteiger partial charge in [0.2, 0.25) is 0 Å². The molecule has 3 aromatic carbocycles. The number of alkyl halides is 1. The van der Waals surface area contributed by atoms with Gasteiger partial charge in [-0.05, 0) is 28.8 Å². The molecule has 154 valence electrons. The van der Waals surface area contributed by atoms with Crippen LogP contribution in [-0.4, -0.2) is 13.2 Å². The lowest BCUT2D eigenvalue weighted by Gasteiger charge is -2.28. The zero-order valence-corrected chi connectivity index (χ0v) is 16.3. The van der Waals surface area contributed by atoms with Crippen LogP contribution in [0.3, 0.4) is 0 Å². The minimum atomic E-state index is -0.629. The Labute approximate surface area is 173 Å². The van der Waals surface area contributed by atoms with E-state index in [0.29, 0.717) is 41.0 Å². The maximum Gasteiger partial charge on any atom is 0.183 e. The van der Waals surface area contributed by atoms with E-state index in [1.54, 1.807) is 54.6 Å². The molecule has 1 fully saturated rings. The maximum absolute atomic E-state index is 14.8. The predicted octanol–water partition coefficient (Wildman–Crippen LogP) is 6.62. The Kier molecular flexibility index (Phi) is 6.02.